The van der Waals surface area contributed by atoms with Crippen LogP contribution in [-0.4, -0.2) is 35.0 Å². The highest BCUT2D eigenvalue weighted by Gasteiger charge is 2.24. The molecule has 0 aliphatic carbocycles. The van der Waals surface area contributed by atoms with Crippen molar-refractivity contribution in [1.82, 2.24) is 14.8 Å². The number of rotatable bonds is 6. The van der Waals surface area contributed by atoms with Crippen LogP contribution in [0.4, 0.5) is 0 Å². The number of likely N-dealkylation sites (tertiary alicyclic amines) is 1. The number of thiophene rings is 1. The summed E-state index contributed by atoms with van der Waals surface area (Å²) in [6.45, 7) is 2.83. The van der Waals surface area contributed by atoms with Crippen LogP contribution in [0.2, 0.25) is 0 Å². The maximum absolute atomic E-state index is 12.8. The number of carbonyl (C=O) groups is 1. The SMILES string of the molecule is O=C(NCC(c1ccccc1)N1CCCC1)c1sccc1-n1cccc1. The van der Waals surface area contributed by atoms with Gasteiger partial charge in [0.25, 0.3) is 5.91 Å². The number of hydrogen-bond donors (Lipinski definition) is 1. The Morgan fingerprint density at radius 2 is 1.77 bits per heavy atom. The largest absolute Gasteiger partial charge is 0.349 e. The molecule has 1 aliphatic rings. The van der Waals surface area contributed by atoms with Gasteiger partial charge >= 0.3 is 0 Å². The van der Waals surface area contributed by atoms with Crippen molar-refractivity contribution in [2.24, 2.45) is 0 Å². The summed E-state index contributed by atoms with van der Waals surface area (Å²) in [6.07, 6.45) is 6.41. The van der Waals surface area contributed by atoms with Crippen molar-refractivity contribution >= 4 is 17.2 Å². The van der Waals surface area contributed by atoms with Crippen molar-refractivity contribution in [2.75, 3.05) is 19.6 Å². The molecule has 2 aromatic heterocycles. The average Bonchev–Trinajstić information content (AvgIpc) is 3.43. The van der Waals surface area contributed by atoms with Gasteiger partial charge in [0.2, 0.25) is 0 Å². The minimum Gasteiger partial charge on any atom is -0.349 e. The molecule has 4 nitrogen and oxygen atoms in total. The zero-order chi connectivity index (χ0) is 17.8. The molecule has 1 N–H and O–H groups in total. The summed E-state index contributed by atoms with van der Waals surface area (Å²) < 4.78 is 1.99. The van der Waals surface area contributed by atoms with Crippen molar-refractivity contribution < 1.29 is 4.79 Å². The van der Waals surface area contributed by atoms with Gasteiger partial charge in [0, 0.05) is 18.9 Å². The molecular weight excluding hydrogens is 342 g/mol. The highest BCUT2D eigenvalue weighted by Crippen LogP contribution is 2.25. The molecule has 1 atom stereocenters. The van der Waals surface area contributed by atoms with E-state index in [4.69, 9.17) is 0 Å². The summed E-state index contributed by atoms with van der Waals surface area (Å²) in [5.41, 5.74) is 2.21. The van der Waals surface area contributed by atoms with Gasteiger partial charge in [-0.1, -0.05) is 30.3 Å². The van der Waals surface area contributed by atoms with Crippen LogP contribution < -0.4 is 5.32 Å². The first kappa shape index (κ1) is 17.1. The van der Waals surface area contributed by atoms with E-state index in [9.17, 15) is 4.79 Å². The van der Waals surface area contributed by atoms with Crippen LogP contribution in [0.5, 0.6) is 0 Å². The fourth-order valence-electron chi connectivity index (χ4n) is 3.63. The lowest BCUT2D eigenvalue weighted by molar-refractivity contribution is 0.0942. The standard InChI is InChI=1S/C21H23N3OS/c25-21(20-18(10-15-26-20)23-11-4-5-12-23)22-16-19(24-13-6-7-14-24)17-8-2-1-3-9-17/h1-5,8-12,15,19H,6-7,13-14,16H2,(H,22,25). The number of benzene rings is 1. The monoisotopic (exact) mass is 365 g/mol. The third-order valence-electron chi connectivity index (χ3n) is 4.96. The number of nitrogens with zero attached hydrogens (tertiary/aromatic N) is 2. The Morgan fingerprint density at radius 1 is 1.04 bits per heavy atom. The molecule has 1 amide bonds. The number of amides is 1. The summed E-state index contributed by atoms with van der Waals surface area (Å²) in [4.78, 5) is 16.1. The van der Waals surface area contributed by atoms with Crippen LogP contribution in [0.3, 0.4) is 0 Å². The van der Waals surface area contributed by atoms with Crippen molar-refractivity contribution in [2.45, 2.75) is 18.9 Å². The van der Waals surface area contributed by atoms with Crippen molar-refractivity contribution in [3.05, 3.63) is 76.7 Å². The Kier molecular flexibility index (Phi) is 5.18. The molecular formula is C21H23N3OS. The van der Waals surface area contributed by atoms with E-state index in [2.05, 4.69) is 34.5 Å². The first-order valence-electron chi connectivity index (χ1n) is 9.11. The lowest BCUT2D eigenvalue weighted by Gasteiger charge is -2.28. The number of hydrogen-bond acceptors (Lipinski definition) is 3. The molecule has 1 aliphatic heterocycles. The van der Waals surface area contributed by atoms with Gasteiger partial charge in [-0.25, -0.2) is 0 Å². The molecule has 1 unspecified atom stereocenters. The minimum absolute atomic E-state index is 0.00354. The molecule has 1 fully saturated rings. The molecule has 1 aromatic carbocycles. The fourth-order valence-corrected chi connectivity index (χ4v) is 4.43. The van der Waals surface area contributed by atoms with Gasteiger partial charge in [0.15, 0.2) is 0 Å². The Hall–Kier alpha value is -2.37. The van der Waals surface area contributed by atoms with Crippen molar-refractivity contribution in [3.63, 3.8) is 0 Å². The van der Waals surface area contributed by atoms with E-state index < -0.39 is 0 Å². The van der Waals surface area contributed by atoms with Gasteiger partial charge in [-0.15, -0.1) is 11.3 Å². The second kappa shape index (κ2) is 7.89. The van der Waals surface area contributed by atoms with Gasteiger partial charge in [0.1, 0.15) is 4.88 Å². The number of aromatic nitrogens is 1. The molecule has 0 saturated carbocycles. The van der Waals surface area contributed by atoms with E-state index in [0.29, 0.717) is 6.54 Å². The molecule has 0 bridgehead atoms. The van der Waals surface area contributed by atoms with E-state index in [0.717, 1.165) is 23.7 Å². The van der Waals surface area contributed by atoms with Crippen LogP contribution in [0.1, 0.15) is 34.1 Å². The molecule has 3 heterocycles. The second-order valence-electron chi connectivity index (χ2n) is 6.60. The first-order valence-corrected chi connectivity index (χ1v) is 9.99. The average molecular weight is 366 g/mol. The van der Waals surface area contributed by atoms with E-state index in [1.807, 2.05) is 46.6 Å². The second-order valence-corrected chi connectivity index (χ2v) is 7.52. The van der Waals surface area contributed by atoms with Crippen LogP contribution in [-0.2, 0) is 0 Å². The number of carbonyl (C=O) groups excluding carboxylic acids is 1. The van der Waals surface area contributed by atoms with Crippen molar-refractivity contribution in [1.29, 1.82) is 0 Å². The fraction of sp³-hybridized carbons (Fsp3) is 0.286. The quantitative estimate of drug-likeness (QED) is 0.714. The maximum Gasteiger partial charge on any atom is 0.263 e. The van der Waals surface area contributed by atoms with E-state index >= 15 is 0 Å². The molecule has 26 heavy (non-hydrogen) atoms. The summed E-state index contributed by atoms with van der Waals surface area (Å²) in [5, 5.41) is 5.15. The minimum atomic E-state index is 0.00354. The van der Waals surface area contributed by atoms with Gasteiger partial charge in [-0.3, -0.25) is 9.69 Å². The van der Waals surface area contributed by atoms with Gasteiger partial charge in [-0.05, 0) is 55.1 Å². The number of nitrogens with one attached hydrogen (secondary N) is 1. The van der Waals surface area contributed by atoms with Crippen LogP contribution in [0, 0.1) is 0 Å². The first-order chi connectivity index (χ1) is 12.8. The zero-order valence-corrected chi connectivity index (χ0v) is 15.5. The molecule has 0 spiro atoms. The Bertz CT molecular complexity index is 835. The van der Waals surface area contributed by atoms with Gasteiger partial charge < -0.3 is 9.88 Å². The van der Waals surface area contributed by atoms with Gasteiger partial charge in [0.05, 0.1) is 11.7 Å². The summed E-state index contributed by atoms with van der Waals surface area (Å²) in [7, 11) is 0. The summed E-state index contributed by atoms with van der Waals surface area (Å²) in [6, 6.07) is 16.7. The molecule has 3 aromatic rings. The Labute approximate surface area is 158 Å². The van der Waals surface area contributed by atoms with E-state index in [-0.39, 0.29) is 11.9 Å². The Morgan fingerprint density at radius 3 is 2.50 bits per heavy atom. The van der Waals surface area contributed by atoms with Crippen LogP contribution in [0.25, 0.3) is 5.69 Å². The lowest BCUT2D eigenvalue weighted by atomic mass is 10.1. The topological polar surface area (TPSA) is 37.3 Å². The molecule has 4 rings (SSSR count). The van der Waals surface area contributed by atoms with Crippen molar-refractivity contribution in [3.8, 4) is 5.69 Å². The maximum atomic E-state index is 12.8. The van der Waals surface area contributed by atoms with E-state index in [1.54, 1.807) is 0 Å². The molecule has 5 heteroatoms. The summed E-state index contributed by atoms with van der Waals surface area (Å²) >= 11 is 1.49. The molecule has 134 valence electrons. The predicted octanol–water partition coefficient (Wildman–Crippen LogP) is 4.11. The summed E-state index contributed by atoms with van der Waals surface area (Å²) in [5.74, 6) is 0.00354. The zero-order valence-electron chi connectivity index (χ0n) is 14.7. The third kappa shape index (κ3) is 3.59. The highest BCUT2D eigenvalue weighted by molar-refractivity contribution is 7.12. The predicted molar refractivity (Wildman–Crippen MR) is 106 cm³/mol. The van der Waals surface area contributed by atoms with E-state index in [1.165, 1.54) is 29.7 Å². The third-order valence-corrected chi connectivity index (χ3v) is 5.86. The van der Waals surface area contributed by atoms with Crippen LogP contribution >= 0.6 is 11.3 Å². The molecule has 0 radical (unpaired) electrons. The lowest BCUT2D eigenvalue weighted by Crippen LogP contribution is -2.36. The van der Waals surface area contributed by atoms with Crippen LogP contribution in [0.15, 0.2) is 66.3 Å². The normalized spacial score (nSPS) is 15.8. The smallest absolute Gasteiger partial charge is 0.263 e. The molecule has 1 saturated heterocycles. The van der Waals surface area contributed by atoms with Gasteiger partial charge in [-0.2, -0.15) is 0 Å². The Balaban J connectivity index is 1.49. The highest BCUT2D eigenvalue weighted by atomic mass is 32.1.